The molecule has 1 unspecified atom stereocenters. The molecule has 1 fully saturated rings. The monoisotopic (exact) mass is 316 g/mol. The van der Waals surface area contributed by atoms with E-state index in [4.69, 9.17) is 4.74 Å². The summed E-state index contributed by atoms with van der Waals surface area (Å²) < 4.78 is 6.16. The third-order valence-corrected chi connectivity index (χ3v) is 5.69. The molecule has 1 aliphatic carbocycles. The fourth-order valence-electron chi connectivity index (χ4n) is 3.88. The Labute approximate surface area is 141 Å². The Hall–Kier alpha value is -1.06. The molecule has 1 N–H and O–H groups in total. The van der Waals surface area contributed by atoms with Crippen molar-refractivity contribution in [3.05, 3.63) is 29.3 Å². The number of hydrogen-bond acceptors (Lipinski definition) is 3. The second-order valence-electron chi connectivity index (χ2n) is 7.71. The van der Waals surface area contributed by atoms with Gasteiger partial charge in [0.15, 0.2) is 0 Å². The van der Waals surface area contributed by atoms with Gasteiger partial charge in [0.05, 0.1) is 6.61 Å². The van der Waals surface area contributed by atoms with E-state index in [0.29, 0.717) is 6.04 Å². The van der Waals surface area contributed by atoms with Gasteiger partial charge in [-0.05, 0) is 83.3 Å². The lowest BCUT2D eigenvalue weighted by Crippen LogP contribution is -2.37. The van der Waals surface area contributed by atoms with Crippen molar-refractivity contribution in [1.29, 1.82) is 0 Å². The molecule has 0 spiro atoms. The Morgan fingerprint density at radius 3 is 2.74 bits per heavy atom. The summed E-state index contributed by atoms with van der Waals surface area (Å²) in [5.41, 5.74) is 3.12. The first-order valence-corrected chi connectivity index (χ1v) is 9.28. The Balaban J connectivity index is 1.67. The zero-order valence-electron chi connectivity index (χ0n) is 15.0. The summed E-state index contributed by atoms with van der Waals surface area (Å²) in [6.45, 7) is 7.76. The predicted molar refractivity (Wildman–Crippen MR) is 96.2 cm³/mol. The van der Waals surface area contributed by atoms with Gasteiger partial charge in [0.2, 0.25) is 0 Å². The minimum Gasteiger partial charge on any atom is -0.493 e. The van der Waals surface area contributed by atoms with Crippen LogP contribution in [-0.4, -0.2) is 37.2 Å². The number of nitrogens with zero attached hydrogens (tertiary/aromatic N) is 1. The van der Waals surface area contributed by atoms with Crippen LogP contribution in [-0.2, 0) is 6.42 Å². The van der Waals surface area contributed by atoms with Gasteiger partial charge in [-0.2, -0.15) is 0 Å². The van der Waals surface area contributed by atoms with Crippen molar-refractivity contribution in [3.63, 3.8) is 0 Å². The molecule has 0 radical (unpaired) electrons. The highest BCUT2D eigenvalue weighted by molar-refractivity contribution is 5.45. The van der Waals surface area contributed by atoms with E-state index in [1.165, 1.54) is 56.3 Å². The van der Waals surface area contributed by atoms with E-state index in [1.807, 2.05) is 7.05 Å². The van der Waals surface area contributed by atoms with Crippen LogP contribution in [0.1, 0.15) is 63.1 Å². The zero-order valence-corrected chi connectivity index (χ0v) is 15.0. The van der Waals surface area contributed by atoms with E-state index in [-0.39, 0.29) is 5.54 Å². The number of hydrogen-bond donors (Lipinski definition) is 1. The molecule has 1 atom stereocenters. The van der Waals surface area contributed by atoms with Gasteiger partial charge in [-0.25, -0.2) is 0 Å². The largest absolute Gasteiger partial charge is 0.493 e. The Morgan fingerprint density at radius 1 is 1.22 bits per heavy atom. The van der Waals surface area contributed by atoms with Gasteiger partial charge in [-0.1, -0.05) is 18.6 Å². The van der Waals surface area contributed by atoms with Crippen molar-refractivity contribution in [2.75, 3.05) is 26.7 Å². The molecule has 128 valence electrons. The number of fused-ring (bicyclic) bond motifs is 1. The van der Waals surface area contributed by atoms with Gasteiger partial charge in [0, 0.05) is 11.6 Å². The first-order chi connectivity index (χ1) is 11.1. The molecular formula is C20H32N2O. The van der Waals surface area contributed by atoms with Crippen molar-refractivity contribution in [2.24, 2.45) is 0 Å². The zero-order chi connectivity index (χ0) is 16.3. The maximum Gasteiger partial charge on any atom is 0.122 e. The van der Waals surface area contributed by atoms with Crippen LogP contribution < -0.4 is 10.1 Å². The summed E-state index contributed by atoms with van der Waals surface area (Å²) in [5.74, 6) is 1.12. The van der Waals surface area contributed by atoms with Crippen LogP contribution in [0.4, 0.5) is 0 Å². The second-order valence-corrected chi connectivity index (χ2v) is 7.71. The highest BCUT2D eigenvalue weighted by Gasteiger charge is 2.30. The number of piperidine rings is 1. The molecule has 0 saturated carbocycles. The van der Waals surface area contributed by atoms with Crippen LogP contribution >= 0.6 is 0 Å². The van der Waals surface area contributed by atoms with Gasteiger partial charge in [0.25, 0.3) is 0 Å². The number of likely N-dealkylation sites (tertiary alicyclic amines) is 1. The Kier molecular flexibility index (Phi) is 5.27. The standard InChI is InChI=1S/C20H32N2O/c1-20(2,21-3)12-15-23-19-9-7-8-16-17(19)10-11-18(16)22-13-5-4-6-14-22/h7-9,18,21H,4-6,10-15H2,1-3H3. The molecule has 1 saturated heterocycles. The molecule has 1 aromatic rings. The number of ether oxygens (including phenoxy) is 1. The fourth-order valence-corrected chi connectivity index (χ4v) is 3.88. The quantitative estimate of drug-likeness (QED) is 0.860. The van der Waals surface area contributed by atoms with Crippen LogP contribution in [0.5, 0.6) is 5.75 Å². The van der Waals surface area contributed by atoms with Gasteiger partial charge < -0.3 is 10.1 Å². The molecule has 0 bridgehead atoms. The van der Waals surface area contributed by atoms with Crippen LogP contribution in [0.3, 0.4) is 0 Å². The lowest BCUT2D eigenvalue weighted by Gasteiger charge is -2.32. The molecule has 3 nitrogen and oxygen atoms in total. The van der Waals surface area contributed by atoms with Gasteiger partial charge in [0.1, 0.15) is 5.75 Å². The molecular weight excluding hydrogens is 284 g/mol. The molecule has 1 aromatic carbocycles. The highest BCUT2D eigenvalue weighted by atomic mass is 16.5. The molecule has 1 heterocycles. The first-order valence-electron chi connectivity index (χ1n) is 9.28. The minimum atomic E-state index is 0.133. The van der Waals surface area contributed by atoms with Gasteiger partial charge in [-0.15, -0.1) is 0 Å². The predicted octanol–water partition coefficient (Wildman–Crippen LogP) is 3.93. The van der Waals surface area contributed by atoms with E-state index in [0.717, 1.165) is 18.8 Å². The molecule has 2 aliphatic rings. The summed E-state index contributed by atoms with van der Waals surface area (Å²) in [4.78, 5) is 2.70. The van der Waals surface area contributed by atoms with Crippen LogP contribution in [0.2, 0.25) is 0 Å². The van der Waals surface area contributed by atoms with Crippen molar-refractivity contribution in [1.82, 2.24) is 10.2 Å². The number of benzene rings is 1. The number of nitrogens with one attached hydrogen (secondary N) is 1. The molecule has 0 aromatic heterocycles. The first kappa shape index (κ1) is 16.8. The number of rotatable bonds is 6. The SMILES string of the molecule is CNC(C)(C)CCOc1cccc2c1CCC2N1CCCCC1. The smallest absolute Gasteiger partial charge is 0.122 e. The van der Waals surface area contributed by atoms with Crippen LogP contribution in [0.25, 0.3) is 0 Å². The topological polar surface area (TPSA) is 24.5 Å². The van der Waals surface area contributed by atoms with Crippen molar-refractivity contribution in [3.8, 4) is 5.75 Å². The lowest BCUT2D eigenvalue weighted by molar-refractivity contribution is 0.163. The van der Waals surface area contributed by atoms with Gasteiger partial charge in [-0.3, -0.25) is 4.90 Å². The molecule has 3 rings (SSSR count). The molecule has 1 aliphatic heterocycles. The normalized spacial score (nSPS) is 22.1. The molecule has 3 heteroatoms. The molecule has 0 amide bonds. The molecule has 23 heavy (non-hydrogen) atoms. The maximum atomic E-state index is 6.16. The van der Waals surface area contributed by atoms with Crippen molar-refractivity contribution >= 4 is 0 Å². The van der Waals surface area contributed by atoms with E-state index >= 15 is 0 Å². The lowest BCUT2D eigenvalue weighted by atomic mass is 10.0. The van der Waals surface area contributed by atoms with Crippen molar-refractivity contribution in [2.45, 2.75) is 64.0 Å². The third-order valence-electron chi connectivity index (χ3n) is 5.69. The summed E-state index contributed by atoms with van der Waals surface area (Å²) >= 11 is 0. The fraction of sp³-hybridized carbons (Fsp3) is 0.700. The van der Waals surface area contributed by atoms with E-state index < -0.39 is 0 Å². The van der Waals surface area contributed by atoms with Gasteiger partial charge >= 0.3 is 0 Å². The average Bonchev–Trinajstić information content (AvgIpc) is 3.00. The third kappa shape index (κ3) is 3.89. The highest BCUT2D eigenvalue weighted by Crippen LogP contribution is 2.41. The van der Waals surface area contributed by atoms with E-state index in [9.17, 15) is 0 Å². The maximum absolute atomic E-state index is 6.16. The van der Waals surface area contributed by atoms with E-state index in [1.54, 1.807) is 0 Å². The second kappa shape index (κ2) is 7.23. The minimum absolute atomic E-state index is 0.133. The van der Waals surface area contributed by atoms with Crippen LogP contribution in [0.15, 0.2) is 18.2 Å². The summed E-state index contributed by atoms with van der Waals surface area (Å²) in [7, 11) is 2.02. The summed E-state index contributed by atoms with van der Waals surface area (Å²) in [6.07, 6.45) is 7.57. The Morgan fingerprint density at radius 2 is 2.00 bits per heavy atom. The summed E-state index contributed by atoms with van der Waals surface area (Å²) in [6, 6.07) is 7.29. The van der Waals surface area contributed by atoms with Crippen LogP contribution in [0, 0.1) is 0 Å². The Bertz CT molecular complexity index is 520. The van der Waals surface area contributed by atoms with Crippen molar-refractivity contribution < 1.29 is 4.74 Å². The summed E-state index contributed by atoms with van der Waals surface area (Å²) in [5, 5.41) is 3.34. The van der Waals surface area contributed by atoms with E-state index in [2.05, 4.69) is 42.3 Å². The average molecular weight is 316 g/mol.